The van der Waals surface area contributed by atoms with Gasteiger partial charge < -0.3 is 5.32 Å². The van der Waals surface area contributed by atoms with E-state index in [0.29, 0.717) is 22.8 Å². The van der Waals surface area contributed by atoms with E-state index in [-0.39, 0.29) is 21.7 Å². The van der Waals surface area contributed by atoms with E-state index in [1.54, 1.807) is 44.2 Å². The van der Waals surface area contributed by atoms with Crippen molar-refractivity contribution in [3.63, 3.8) is 0 Å². The number of carbonyl (C=O) groups is 1. The molecule has 0 saturated carbocycles. The second-order valence-electron chi connectivity index (χ2n) is 10.2. The first-order chi connectivity index (χ1) is 19.7. The van der Waals surface area contributed by atoms with Crippen LogP contribution in [0, 0.1) is 20.8 Å². The first-order valence-electron chi connectivity index (χ1n) is 13.2. The Bertz CT molecular complexity index is 1770. The molecule has 1 aromatic heterocycles. The van der Waals surface area contributed by atoms with Crippen LogP contribution >= 0.6 is 0 Å². The van der Waals surface area contributed by atoms with Gasteiger partial charge in [0.25, 0.3) is 20.0 Å². The zero-order chi connectivity index (χ0) is 30.7. The minimum Gasteiger partial charge on any atom is -0.325 e. The van der Waals surface area contributed by atoms with Gasteiger partial charge >= 0.3 is 0 Å². The Kier molecular flexibility index (Phi) is 8.97. The largest absolute Gasteiger partial charge is 0.325 e. The van der Waals surface area contributed by atoms with Crippen molar-refractivity contribution in [3.05, 3.63) is 101 Å². The Morgan fingerprint density at radius 2 is 1.33 bits per heavy atom. The lowest BCUT2D eigenvalue weighted by molar-refractivity contribution is -0.114. The molecule has 4 aromatic rings. The summed E-state index contributed by atoms with van der Waals surface area (Å²) in [5, 5.41) is 2.66. The van der Waals surface area contributed by atoms with Crippen molar-refractivity contribution in [1.29, 1.82) is 0 Å². The van der Waals surface area contributed by atoms with Crippen molar-refractivity contribution >= 4 is 43.3 Å². The summed E-state index contributed by atoms with van der Waals surface area (Å²) >= 11 is 0. The summed E-state index contributed by atoms with van der Waals surface area (Å²) in [4.78, 5) is 21.3. The van der Waals surface area contributed by atoms with Crippen LogP contribution in [0.4, 0.5) is 17.3 Å². The number of anilines is 3. The van der Waals surface area contributed by atoms with Crippen LogP contribution in [0.2, 0.25) is 0 Å². The summed E-state index contributed by atoms with van der Waals surface area (Å²) in [5.74, 6) is -0.392. The highest BCUT2D eigenvalue weighted by Gasteiger charge is 2.27. The summed E-state index contributed by atoms with van der Waals surface area (Å²) in [6.07, 6.45) is 0. The molecule has 10 nitrogen and oxygen atoms in total. The van der Waals surface area contributed by atoms with Gasteiger partial charge in [-0.05, 0) is 86.8 Å². The molecule has 220 valence electrons. The molecule has 0 unspecified atom stereocenters. The smallest absolute Gasteiger partial charge is 0.264 e. The molecule has 0 radical (unpaired) electrons. The van der Waals surface area contributed by atoms with Crippen LogP contribution in [-0.2, 0) is 24.8 Å². The van der Waals surface area contributed by atoms with E-state index >= 15 is 0 Å². The molecule has 3 aromatic carbocycles. The zero-order valence-corrected chi connectivity index (χ0v) is 25.6. The highest BCUT2D eigenvalue weighted by molar-refractivity contribution is 7.93. The third-order valence-electron chi connectivity index (χ3n) is 6.40. The van der Waals surface area contributed by atoms with Gasteiger partial charge in [-0.2, -0.15) is 0 Å². The van der Waals surface area contributed by atoms with Gasteiger partial charge in [0.15, 0.2) is 0 Å². The van der Waals surface area contributed by atoms with Crippen molar-refractivity contribution in [2.24, 2.45) is 0 Å². The van der Waals surface area contributed by atoms with Crippen LogP contribution in [0.1, 0.15) is 42.3 Å². The SMILES string of the molecule is Cc1ccc(S(=O)(=O)N(CC(=O)Nc2ccc(S(=O)(=O)Nc3nc(C)cc(C)n3)cc2)c2ccc(C(C)C)cc2)cc1. The molecular formula is C30H33N5O5S2. The molecule has 1 heterocycles. The molecule has 0 aliphatic rings. The molecule has 2 N–H and O–H groups in total. The molecule has 0 bridgehead atoms. The minimum absolute atomic E-state index is 0.0406. The molecule has 0 atom stereocenters. The maximum absolute atomic E-state index is 13.7. The molecule has 0 saturated heterocycles. The van der Waals surface area contributed by atoms with Crippen LogP contribution in [0.25, 0.3) is 0 Å². The number of hydrogen-bond donors (Lipinski definition) is 2. The van der Waals surface area contributed by atoms with Gasteiger partial charge in [-0.15, -0.1) is 0 Å². The average Bonchev–Trinajstić information content (AvgIpc) is 2.91. The third-order valence-corrected chi connectivity index (χ3v) is 9.53. The Balaban J connectivity index is 1.54. The third kappa shape index (κ3) is 7.31. The summed E-state index contributed by atoms with van der Waals surface area (Å²) in [6.45, 7) is 8.90. The van der Waals surface area contributed by atoms with Gasteiger partial charge in [0, 0.05) is 17.1 Å². The number of aryl methyl sites for hydroxylation is 3. The first kappa shape index (κ1) is 30.7. The number of benzene rings is 3. The van der Waals surface area contributed by atoms with E-state index in [1.807, 2.05) is 32.9 Å². The van der Waals surface area contributed by atoms with Crippen LogP contribution in [0.3, 0.4) is 0 Å². The molecule has 0 aliphatic heterocycles. The van der Waals surface area contributed by atoms with Crippen molar-refractivity contribution in [2.45, 2.75) is 50.3 Å². The van der Waals surface area contributed by atoms with E-state index in [9.17, 15) is 21.6 Å². The maximum atomic E-state index is 13.7. The van der Waals surface area contributed by atoms with E-state index in [2.05, 4.69) is 20.0 Å². The predicted molar refractivity (Wildman–Crippen MR) is 164 cm³/mol. The fourth-order valence-electron chi connectivity index (χ4n) is 4.18. The Morgan fingerprint density at radius 1 is 0.786 bits per heavy atom. The number of nitrogens with zero attached hydrogens (tertiary/aromatic N) is 3. The van der Waals surface area contributed by atoms with Crippen molar-refractivity contribution in [1.82, 2.24) is 9.97 Å². The Morgan fingerprint density at radius 3 is 1.88 bits per heavy atom. The molecule has 4 rings (SSSR count). The summed E-state index contributed by atoms with van der Waals surface area (Å²) in [6, 6.07) is 20.7. The lowest BCUT2D eigenvalue weighted by Gasteiger charge is -2.24. The Labute approximate surface area is 247 Å². The maximum Gasteiger partial charge on any atom is 0.264 e. The van der Waals surface area contributed by atoms with Gasteiger partial charge in [0.2, 0.25) is 11.9 Å². The molecule has 1 amide bonds. The van der Waals surface area contributed by atoms with Gasteiger partial charge in [-0.25, -0.2) is 31.5 Å². The zero-order valence-electron chi connectivity index (χ0n) is 24.0. The fourth-order valence-corrected chi connectivity index (χ4v) is 6.54. The van der Waals surface area contributed by atoms with E-state index in [1.165, 1.54) is 36.4 Å². The normalized spacial score (nSPS) is 11.8. The highest BCUT2D eigenvalue weighted by Crippen LogP contribution is 2.26. The van der Waals surface area contributed by atoms with Gasteiger partial charge in [0.05, 0.1) is 15.5 Å². The van der Waals surface area contributed by atoms with E-state index in [0.717, 1.165) is 15.4 Å². The average molecular weight is 608 g/mol. The quantitative estimate of drug-likeness (QED) is 0.254. The molecule has 0 aliphatic carbocycles. The molecule has 12 heteroatoms. The summed E-state index contributed by atoms with van der Waals surface area (Å²) < 4.78 is 56.4. The van der Waals surface area contributed by atoms with Crippen molar-refractivity contribution < 1.29 is 21.6 Å². The highest BCUT2D eigenvalue weighted by atomic mass is 32.2. The summed E-state index contributed by atoms with van der Waals surface area (Å²) in [7, 11) is -8.07. The van der Waals surface area contributed by atoms with Crippen LogP contribution in [0.5, 0.6) is 0 Å². The number of carbonyl (C=O) groups excluding carboxylic acids is 1. The van der Waals surface area contributed by atoms with Crippen LogP contribution in [-0.4, -0.2) is 39.3 Å². The number of sulfonamides is 2. The standard InChI is InChI=1S/C30H33N5O5S2/c1-20(2)24-8-12-26(13-9-24)35(42(39,40)28-14-6-21(3)7-15-28)19-29(36)33-25-10-16-27(17-11-25)41(37,38)34-30-31-22(4)18-23(5)32-30/h6-18,20H,19H2,1-5H3,(H,33,36)(H,31,32,34). The summed E-state index contributed by atoms with van der Waals surface area (Å²) in [5.41, 5.74) is 3.81. The second kappa shape index (κ2) is 12.3. The monoisotopic (exact) mass is 607 g/mol. The lowest BCUT2D eigenvalue weighted by atomic mass is 10.0. The lowest BCUT2D eigenvalue weighted by Crippen LogP contribution is -2.38. The van der Waals surface area contributed by atoms with Crippen molar-refractivity contribution in [3.8, 4) is 0 Å². The topological polar surface area (TPSA) is 138 Å². The van der Waals surface area contributed by atoms with E-state index < -0.39 is 32.5 Å². The van der Waals surface area contributed by atoms with Crippen molar-refractivity contribution in [2.75, 3.05) is 20.9 Å². The second-order valence-corrected chi connectivity index (χ2v) is 13.8. The number of rotatable bonds is 10. The fraction of sp³-hybridized carbons (Fsp3) is 0.233. The van der Waals surface area contributed by atoms with Gasteiger partial charge in [-0.3, -0.25) is 9.10 Å². The van der Waals surface area contributed by atoms with Gasteiger partial charge in [-0.1, -0.05) is 43.7 Å². The molecular weight excluding hydrogens is 574 g/mol. The van der Waals surface area contributed by atoms with Crippen LogP contribution in [0.15, 0.2) is 88.7 Å². The minimum atomic E-state index is -4.08. The molecule has 42 heavy (non-hydrogen) atoms. The molecule has 0 fully saturated rings. The molecule has 0 spiro atoms. The number of hydrogen-bond acceptors (Lipinski definition) is 7. The number of aromatic nitrogens is 2. The van der Waals surface area contributed by atoms with Gasteiger partial charge in [0.1, 0.15) is 6.54 Å². The number of nitrogens with one attached hydrogen (secondary N) is 2. The van der Waals surface area contributed by atoms with Crippen LogP contribution < -0.4 is 14.3 Å². The Hall–Kier alpha value is -4.29. The predicted octanol–water partition coefficient (Wildman–Crippen LogP) is 5.16. The first-order valence-corrected chi connectivity index (χ1v) is 16.1. The van der Waals surface area contributed by atoms with E-state index in [4.69, 9.17) is 0 Å². The number of amides is 1.